The topological polar surface area (TPSA) is 62.2 Å². The number of hydrogen-bond acceptors (Lipinski definition) is 6. The Labute approximate surface area is 161 Å². The number of carbonyl (C=O) groups excluding carboxylic acids is 1. The average Bonchev–Trinajstić information content (AvgIpc) is 3.27. The standard InChI is InChI=1S/C20H19N5OS/c26-20(6-3-17-2-1-15-27-17)25-13-11-24(12-14-25)19-5-4-18(22-23-19)16-7-9-21-10-8-16/h1-10,15H,11-14H2/b6-3+. The van der Waals surface area contributed by atoms with Gasteiger partial charge in [-0.1, -0.05) is 6.07 Å². The summed E-state index contributed by atoms with van der Waals surface area (Å²) in [5.41, 5.74) is 1.82. The molecule has 1 amide bonds. The van der Waals surface area contributed by atoms with Crippen LogP contribution in [0, 0.1) is 0 Å². The van der Waals surface area contributed by atoms with Crippen molar-refractivity contribution >= 4 is 29.1 Å². The van der Waals surface area contributed by atoms with Gasteiger partial charge in [0, 0.05) is 55.1 Å². The minimum Gasteiger partial charge on any atom is -0.352 e. The lowest BCUT2D eigenvalue weighted by molar-refractivity contribution is -0.126. The molecular formula is C20H19N5OS. The van der Waals surface area contributed by atoms with Crippen molar-refractivity contribution in [2.75, 3.05) is 31.1 Å². The second kappa shape index (κ2) is 8.09. The molecule has 1 saturated heterocycles. The molecule has 0 saturated carbocycles. The molecule has 0 N–H and O–H groups in total. The van der Waals surface area contributed by atoms with Gasteiger partial charge in [0.15, 0.2) is 5.82 Å². The van der Waals surface area contributed by atoms with E-state index in [9.17, 15) is 4.79 Å². The number of aromatic nitrogens is 3. The molecule has 7 heteroatoms. The Kier molecular flexibility index (Phi) is 5.20. The Morgan fingerprint density at radius 3 is 2.48 bits per heavy atom. The summed E-state index contributed by atoms with van der Waals surface area (Å²) in [6.45, 7) is 2.87. The first-order valence-corrected chi connectivity index (χ1v) is 9.67. The second-order valence-electron chi connectivity index (χ2n) is 6.17. The van der Waals surface area contributed by atoms with E-state index in [1.807, 2.05) is 52.8 Å². The van der Waals surface area contributed by atoms with E-state index in [1.54, 1.807) is 29.8 Å². The smallest absolute Gasteiger partial charge is 0.246 e. The van der Waals surface area contributed by atoms with Gasteiger partial charge in [-0.3, -0.25) is 9.78 Å². The number of pyridine rings is 1. The maximum Gasteiger partial charge on any atom is 0.246 e. The molecule has 1 fully saturated rings. The first-order valence-electron chi connectivity index (χ1n) is 8.79. The molecule has 0 unspecified atom stereocenters. The number of anilines is 1. The van der Waals surface area contributed by atoms with Gasteiger partial charge in [-0.05, 0) is 41.8 Å². The Morgan fingerprint density at radius 2 is 1.81 bits per heavy atom. The molecule has 3 aromatic rings. The molecule has 0 bridgehead atoms. The summed E-state index contributed by atoms with van der Waals surface area (Å²) in [5.74, 6) is 0.899. The minimum atomic E-state index is 0.0576. The monoisotopic (exact) mass is 377 g/mol. The zero-order valence-corrected chi connectivity index (χ0v) is 15.5. The summed E-state index contributed by atoms with van der Waals surface area (Å²) >= 11 is 1.62. The highest BCUT2D eigenvalue weighted by Crippen LogP contribution is 2.19. The van der Waals surface area contributed by atoms with Crippen molar-refractivity contribution in [1.29, 1.82) is 0 Å². The number of thiophene rings is 1. The van der Waals surface area contributed by atoms with Gasteiger partial charge in [0.25, 0.3) is 0 Å². The highest BCUT2D eigenvalue weighted by Gasteiger charge is 2.20. The lowest BCUT2D eigenvalue weighted by Crippen LogP contribution is -2.48. The molecule has 1 aliphatic heterocycles. The summed E-state index contributed by atoms with van der Waals surface area (Å²) in [4.78, 5) is 21.5. The number of rotatable bonds is 4. The number of piperazine rings is 1. The van der Waals surface area contributed by atoms with Crippen molar-refractivity contribution in [1.82, 2.24) is 20.1 Å². The van der Waals surface area contributed by atoms with Crippen molar-refractivity contribution in [3.63, 3.8) is 0 Å². The van der Waals surface area contributed by atoms with Gasteiger partial charge < -0.3 is 9.80 Å². The van der Waals surface area contributed by atoms with Crippen LogP contribution in [0.5, 0.6) is 0 Å². The molecule has 0 radical (unpaired) electrons. The van der Waals surface area contributed by atoms with E-state index in [4.69, 9.17) is 0 Å². The average molecular weight is 377 g/mol. The van der Waals surface area contributed by atoms with Gasteiger partial charge >= 0.3 is 0 Å². The molecule has 0 atom stereocenters. The van der Waals surface area contributed by atoms with Crippen LogP contribution in [0.15, 0.2) is 60.2 Å². The molecule has 0 spiro atoms. The highest BCUT2D eigenvalue weighted by molar-refractivity contribution is 7.10. The Balaban J connectivity index is 1.34. The molecule has 0 aliphatic carbocycles. The Bertz CT molecular complexity index is 901. The predicted molar refractivity (Wildman–Crippen MR) is 107 cm³/mol. The third kappa shape index (κ3) is 4.20. The van der Waals surface area contributed by atoms with Crippen LogP contribution in [0.2, 0.25) is 0 Å². The summed E-state index contributed by atoms with van der Waals surface area (Å²) in [5, 5.41) is 10.7. The first kappa shape index (κ1) is 17.4. The van der Waals surface area contributed by atoms with Crippen LogP contribution in [0.4, 0.5) is 5.82 Å². The lowest BCUT2D eigenvalue weighted by Gasteiger charge is -2.34. The zero-order valence-electron chi connectivity index (χ0n) is 14.7. The summed E-state index contributed by atoms with van der Waals surface area (Å²) < 4.78 is 0. The fraction of sp³-hybridized carbons (Fsp3) is 0.200. The number of carbonyl (C=O) groups is 1. The molecule has 0 aromatic carbocycles. The molecule has 4 rings (SSSR count). The van der Waals surface area contributed by atoms with Crippen LogP contribution in [-0.2, 0) is 4.79 Å². The Morgan fingerprint density at radius 1 is 1.00 bits per heavy atom. The summed E-state index contributed by atoms with van der Waals surface area (Å²) in [7, 11) is 0. The second-order valence-corrected chi connectivity index (χ2v) is 7.15. The van der Waals surface area contributed by atoms with Crippen LogP contribution in [0.25, 0.3) is 17.3 Å². The van der Waals surface area contributed by atoms with Crippen LogP contribution in [-0.4, -0.2) is 52.2 Å². The largest absolute Gasteiger partial charge is 0.352 e. The Hall–Kier alpha value is -3.06. The molecule has 4 heterocycles. The van der Waals surface area contributed by atoms with Crippen LogP contribution >= 0.6 is 11.3 Å². The van der Waals surface area contributed by atoms with Crippen LogP contribution < -0.4 is 4.90 Å². The van der Waals surface area contributed by atoms with E-state index in [2.05, 4.69) is 20.1 Å². The van der Waals surface area contributed by atoms with Crippen molar-refractivity contribution < 1.29 is 4.79 Å². The highest BCUT2D eigenvalue weighted by atomic mass is 32.1. The number of nitrogens with zero attached hydrogens (tertiary/aromatic N) is 5. The summed E-state index contributed by atoms with van der Waals surface area (Å²) in [6, 6.07) is 11.8. The lowest BCUT2D eigenvalue weighted by atomic mass is 10.2. The maximum atomic E-state index is 12.3. The van der Waals surface area contributed by atoms with Gasteiger partial charge in [0.2, 0.25) is 5.91 Å². The molecule has 136 valence electrons. The number of hydrogen-bond donors (Lipinski definition) is 0. The third-order valence-corrected chi connectivity index (χ3v) is 5.31. The molecule has 6 nitrogen and oxygen atoms in total. The van der Waals surface area contributed by atoms with Crippen LogP contribution in [0.1, 0.15) is 4.88 Å². The quantitative estimate of drug-likeness (QED) is 0.654. The SMILES string of the molecule is O=C(/C=C/c1cccs1)N1CCN(c2ccc(-c3ccncc3)nn2)CC1. The fourth-order valence-electron chi connectivity index (χ4n) is 2.97. The molecular weight excluding hydrogens is 358 g/mol. The number of amides is 1. The van der Waals surface area contributed by atoms with Crippen molar-refractivity contribution in [2.45, 2.75) is 0 Å². The molecule has 27 heavy (non-hydrogen) atoms. The minimum absolute atomic E-state index is 0.0576. The van der Waals surface area contributed by atoms with Crippen molar-refractivity contribution in [2.24, 2.45) is 0 Å². The van der Waals surface area contributed by atoms with E-state index in [1.165, 1.54) is 0 Å². The summed E-state index contributed by atoms with van der Waals surface area (Å²) in [6.07, 6.45) is 7.02. The van der Waals surface area contributed by atoms with Crippen LogP contribution in [0.3, 0.4) is 0 Å². The third-order valence-electron chi connectivity index (χ3n) is 4.48. The first-order chi connectivity index (χ1) is 13.3. The van der Waals surface area contributed by atoms with E-state index < -0.39 is 0 Å². The van der Waals surface area contributed by atoms with Crippen molar-refractivity contribution in [3.8, 4) is 11.3 Å². The van der Waals surface area contributed by atoms with Gasteiger partial charge in [0.05, 0.1) is 5.69 Å². The van der Waals surface area contributed by atoms with Gasteiger partial charge in [-0.15, -0.1) is 21.5 Å². The maximum absolute atomic E-state index is 12.3. The molecule has 3 aromatic heterocycles. The van der Waals surface area contributed by atoms with Crippen molar-refractivity contribution in [3.05, 3.63) is 65.1 Å². The zero-order chi connectivity index (χ0) is 18.5. The van der Waals surface area contributed by atoms with Gasteiger partial charge in [-0.25, -0.2) is 0 Å². The predicted octanol–water partition coefficient (Wildman–Crippen LogP) is 2.96. The van der Waals surface area contributed by atoms with Gasteiger partial charge in [0.1, 0.15) is 0 Å². The van der Waals surface area contributed by atoms with Gasteiger partial charge in [-0.2, -0.15) is 0 Å². The van der Waals surface area contributed by atoms with E-state index in [0.29, 0.717) is 13.1 Å². The van der Waals surface area contributed by atoms with E-state index in [0.717, 1.165) is 35.0 Å². The normalized spacial score (nSPS) is 14.7. The fourth-order valence-corrected chi connectivity index (χ4v) is 3.59. The van der Waals surface area contributed by atoms with E-state index in [-0.39, 0.29) is 5.91 Å². The molecule has 1 aliphatic rings. The van der Waals surface area contributed by atoms with E-state index >= 15 is 0 Å².